The van der Waals surface area contributed by atoms with E-state index in [-0.39, 0.29) is 22.6 Å². The minimum Gasteiger partial charge on any atom is -0.457 e. The number of nitrogens with one attached hydrogen (secondary N) is 2. The predicted octanol–water partition coefficient (Wildman–Crippen LogP) is 6.13. The molecule has 1 amide bonds. The quantitative estimate of drug-likeness (QED) is 0.271. The van der Waals surface area contributed by atoms with Crippen molar-refractivity contribution in [2.24, 2.45) is 7.05 Å². The zero-order chi connectivity index (χ0) is 29.4. The highest BCUT2D eigenvalue weighted by molar-refractivity contribution is 5.97. The second-order valence-corrected chi connectivity index (χ2v) is 11.4. The fraction of sp³-hybridized carbons (Fsp3) is 0.375. The summed E-state index contributed by atoms with van der Waals surface area (Å²) in [6, 6.07) is 11.9. The Morgan fingerprint density at radius 3 is 2.27 bits per heavy atom. The number of carbonyl (C=O) groups is 1. The molecule has 2 aromatic heterocycles. The summed E-state index contributed by atoms with van der Waals surface area (Å²) in [4.78, 5) is 27.4. The zero-order valence-electron chi connectivity index (χ0n) is 24.2. The van der Waals surface area contributed by atoms with E-state index < -0.39 is 5.60 Å². The average Bonchev–Trinajstić information content (AvgIpc) is 3.45. The van der Waals surface area contributed by atoms with Crippen LogP contribution < -0.4 is 15.5 Å². The topological polar surface area (TPSA) is 96.4 Å². The summed E-state index contributed by atoms with van der Waals surface area (Å²) in [6.07, 6.45) is 4.02. The number of aliphatic hydroxyl groups is 1. The van der Waals surface area contributed by atoms with Crippen LogP contribution in [-0.4, -0.2) is 27.1 Å². The molecule has 8 heteroatoms. The van der Waals surface area contributed by atoms with Gasteiger partial charge in [-0.3, -0.25) is 9.59 Å². The molecule has 2 aromatic carbocycles. The summed E-state index contributed by atoms with van der Waals surface area (Å²) in [6.45, 7) is 11.6. The van der Waals surface area contributed by atoms with Gasteiger partial charge in [0.05, 0.1) is 11.1 Å². The lowest BCUT2D eigenvalue weighted by Crippen LogP contribution is -2.23. The molecule has 1 fully saturated rings. The molecule has 40 heavy (non-hydrogen) atoms. The number of amides is 1. The van der Waals surface area contributed by atoms with Gasteiger partial charge in [-0.05, 0) is 99.9 Å². The Labute approximate surface area is 234 Å². The van der Waals surface area contributed by atoms with E-state index in [1.54, 1.807) is 32.0 Å². The second kappa shape index (κ2) is 10.9. The largest absolute Gasteiger partial charge is 0.457 e. The van der Waals surface area contributed by atoms with Gasteiger partial charge in [-0.15, -0.1) is 0 Å². The molecule has 1 aliphatic rings. The number of benzene rings is 2. The summed E-state index contributed by atoms with van der Waals surface area (Å²) in [5.41, 5.74) is 4.07. The van der Waals surface area contributed by atoms with Gasteiger partial charge in [0, 0.05) is 25.4 Å². The van der Waals surface area contributed by atoms with E-state index in [1.807, 2.05) is 50.7 Å². The molecule has 0 radical (unpaired) electrons. The van der Waals surface area contributed by atoms with Crippen molar-refractivity contribution in [3.05, 3.63) is 92.6 Å². The fourth-order valence-corrected chi connectivity index (χ4v) is 4.72. The highest BCUT2D eigenvalue weighted by Crippen LogP contribution is 2.46. The third-order valence-electron chi connectivity index (χ3n) is 7.41. The lowest BCUT2D eigenvalue weighted by molar-refractivity contribution is 0.0785. The number of hydrogen-bond donors (Lipinski definition) is 3. The van der Waals surface area contributed by atoms with Gasteiger partial charge in [-0.25, -0.2) is 4.39 Å². The number of rotatable bonds is 6. The molecule has 1 aliphatic carbocycles. The van der Waals surface area contributed by atoms with Gasteiger partial charge in [0.15, 0.2) is 0 Å². The Hall–Kier alpha value is -3.91. The number of nitrogens with zero attached hydrogens (tertiary/aromatic N) is 1. The lowest BCUT2D eigenvalue weighted by atomic mass is 9.99. The molecule has 0 bridgehead atoms. The van der Waals surface area contributed by atoms with Crippen molar-refractivity contribution in [3.63, 3.8) is 0 Å². The van der Waals surface area contributed by atoms with Crippen LogP contribution in [-0.2, 0) is 18.1 Å². The molecule has 0 atom stereocenters. The van der Waals surface area contributed by atoms with Crippen LogP contribution in [0, 0.1) is 19.7 Å². The van der Waals surface area contributed by atoms with Crippen molar-refractivity contribution in [1.29, 1.82) is 0 Å². The van der Waals surface area contributed by atoms with Crippen LogP contribution in [0.5, 0.6) is 11.5 Å². The smallest absolute Gasteiger partial charge is 0.267 e. The summed E-state index contributed by atoms with van der Waals surface area (Å²) >= 11 is 0. The molecular formula is C32H38FN3O4. The van der Waals surface area contributed by atoms with Crippen LogP contribution in [0.2, 0.25) is 0 Å². The zero-order valence-corrected chi connectivity index (χ0v) is 24.2. The van der Waals surface area contributed by atoms with Crippen molar-refractivity contribution in [3.8, 4) is 11.5 Å². The van der Waals surface area contributed by atoms with Crippen LogP contribution in [0.25, 0.3) is 11.0 Å². The number of hydrogen-bond acceptors (Lipinski definition) is 4. The average molecular weight is 548 g/mol. The van der Waals surface area contributed by atoms with Gasteiger partial charge in [0.2, 0.25) is 5.43 Å². The summed E-state index contributed by atoms with van der Waals surface area (Å²) in [7, 11) is 1.91. The highest BCUT2D eigenvalue weighted by Gasteiger charge is 2.41. The van der Waals surface area contributed by atoms with Gasteiger partial charge < -0.3 is 24.7 Å². The molecule has 212 valence electrons. The minimum absolute atomic E-state index is 0.0139. The number of aryl methyl sites for hydroxylation is 3. The normalized spacial score (nSPS) is 13.9. The molecule has 0 spiro atoms. The molecule has 4 aromatic rings. The maximum Gasteiger partial charge on any atom is 0.267 e. The van der Waals surface area contributed by atoms with Crippen molar-refractivity contribution in [2.45, 2.75) is 65.4 Å². The molecule has 0 aliphatic heterocycles. The number of aromatic nitrogens is 2. The van der Waals surface area contributed by atoms with Crippen molar-refractivity contribution in [1.82, 2.24) is 14.9 Å². The molecule has 2 heterocycles. The predicted molar refractivity (Wildman–Crippen MR) is 156 cm³/mol. The number of carbonyl (C=O) groups excluding carboxylic acids is 1. The highest BCUT2D eigenvalue weighted by atomic mass is 19.1. The van der Waals surface area contributed by atoms with Gasteiger partial charge in [0.1, 0.15) is 28.5 Å². The standard InChI is InChI=1S/C17H19FO2.C15H19N3O2/c1-11-9-14(18)10-12(2)16(11)20-15-7-5-13(6-8-15)17(3,4)19;1-4-16-14(20)10-7-11-12(17-10)13(19)9(8-18(11)3)15(2)5-6-15/h5-10,19H,1-4H3;7-8,17H,4-6H2,1-3H3,(H,16,20). The fourth-order valence-electron chi connectivity index (χ4n) is 4.72. The number of ether oxygens (including phenoxy) is 1. The summed E-state index contributed by atoms with van der Waals surface area (Å²) < 4.78 is 21.0. The number of fused-ring (bicyclic) bond motifs is 1. The van der Waals surface area contributed by atoms with E-state index in [0.717, 1.165) is 40.6 Å². The first-order chi connectivity index (χ1) is 18.7. The lowest BCUT2D eigenvalue weighted by Gasteiger charge is -2.18. The molecule has 3 N–H and O–H groups in total. The van der Waals surface area contributed by atoms with Gasteiger partial charge in [0.25, 0.3) is 5.91 Å². The molecule has 0 unspecified atom stereocenters. The first kappa shape index (κ1) is 29.1. The number of halogens is 1. The Morgan fingerprint density at radius 1 is 1.15 bits per heavy atom. The van der Waals surface area contributed by atoms with Gasteiger partial charge in [-0.2, -0.15) is 0 Å². The van der Waals surface area contributed by atoms with E-state index >= 15 is 0 Å². The van der Waals surface area contributed by atoms with Gasteiger partial charge in [-0.1, -0.05) is 19.1 Å². The monoisotopic (exact) mass is 547 g/mol. The molecule has 7 nitrogen and oxygen atoms in total. The van der Waals surface area contributed by atoms with Crippen LogP contribution in [0.15, 0.2) is 53.5 Å². The van der Waals surface area contributed by atoms with Crippen molar-refractivity contribution < 1.29 is 19.0 Å². The van der Waals surface area contributed by atoms with E-state index in [0.29, 0.717) is 29.3 Å². The second-order valence-electron chi connectivity index (χ2n) is 11.4. The SMILES string of the molecule is CCNC(=O)c1cc2c([nH]1)c(=O)c(C1(C)CC1)cn2C.Cc1cc(F)cc(C)c1Oc1ccc(C(C)(C)O)cc1. The molecule has 5 rings (SSSR count). The van der Waals surface area contributed by atoms with Gasteiger partial charge >= 0.3 is 0 Å². The number of pyridine rings is 1. The van der Waals surface area contributed by atoms with Crippen molar-refractivity contribution >= 4 is 16.9 Å². The first-order valence-corrected chi connectivity index (χ1v) is 13.5. The Kier molecular flexibility index (Phi) is 7.94. The third kappa shape index (κ3) is 6.12. The van der Waals surface area contributed by atoms with Crippen LogP contribution in [0.3, 0.4) is 0 Å². The maximum atomic E-state index is 13.2. The number of aromatic amines is 1. The Balaban J connectivity index is 0.000000185. The Morgan fingerprint density at radius 2 is 1.75 bits per heavy atom. The number of H-pyrrole nitrogens is 1. The maximum absolute atomic E-state index is 13.2. The van der Waals surface area contributed by atoms with Crippen LogP contribution in [0.1, 0.15) is 73.3 Å². The minimum atomic E-state index is -0.875. The molecule has 1 saturated carbocycles. The summed E-state index contributed by atoms with van der Waals surface area (Å²) in [5.74, 6) is 0.894. The third-order valence-corrected chi connectivity index (χ3v) is 7.41. The Bertz CT molecular complexity index is 1580. The van der Waals surface area contributed by atoms with Crippen molar-refractivity contribution in [2.75, 3.05) is 6.54 Å². The van der Waals surface area contributed by atoms with Crippen LogP contribution in [0.4, 0.5) is 4.39 Å². The van der Waals surface area contributed by atoms with E-state index in [1.165, 1.54) is 12.1 Å². The molecule has 0 saturated heterocycles. The summed E-state index contributed by atoms with van der Waals surface area (Å²) in [5, 5.41) is 12.6. The van der Waals surface area contributed by atoms with E-state index in [9.17, 15) is 19.1 Å². The van der Waals surface area contributed by atoms with Crippen LogP contribution >= 0.6 is 0 Å². The van der Waals surface area contributed by atoms with E-state index in [4.69, 9.17) is 4.74 Å². The van der Waals surface area contributed by atoms with E-state index in [2.05, 4.69) is 17.2 Å². The molecular weight excluding hydrogens is 509 g/mol. The first-order valence-electron chi connectivity index (χ1n) is 13.5.